The van der Waals surface area contributed by atoms with Crippen LogP contribution in [-0.4, -0.2) is 32.5 Å². The molecule has 136 valence electrons. The van der Waals surface area contributed by atoms with Crippen molar-refractivity contribution >= 4 is 48.4 Å². The number of rotatable bonds is 6. The van der Waals surface area contributed by atoms with E-state index in [1.165, 1.54) is 24.3 Å². The fraction of sp³-hybridized carbons (Fsp3) is 0.125. The number of amides is 2. The Kier molecular flexibility index (Phi) is 5.35. The smallest absolute Gasteiger partial charge is 0.319 e. The average Bonchev–Trinajstić information content (AvgIpc) is 3.01. The number of nitrogens with one attached hydrogen (secondary N) is 3. The normalized spacial score (nSPS) is 11.3. The Balaban J connectivity index is 1.44. The molecule has 0 spiro atoms. The van der Waals surface area contributed by atoms with E-state index in [2.05, 4.69) is 20.9 Å². The molecule has 0 unspecified atom stereocenters. The first kappa shape index (κ1) is 18.1. The predicted octanol–water partition coefficient (Wildman–Crippen LogP) is 2.18. The number of carbonyl (C=O) groups excluding carboxylic acids is 1. The number of nitrogens with zero attached hydrogens (tertiary/aromatic N) is 1. The van der Waals surface area contributed by atoms with Crippen LogP contribution in [0.2, 0.25) is 0 Å². The Morgan fingerprint density at radius 1 is 1.08 bits per heavy atom. The molecule has 0 fully saturated rings. The van der Waals surface area contributed by atoms with Gasteiger partial charge in [0.2, 0.25) is 10.0 Å². The van der Waals surface area contributed by atoms with Crippen LogP contribution in [0, 0.1) is 0 Å². The highest BCUT2D eigenvalue weighted by atomic mass is 32.2. The molecule has 0 aliphatic heterocycles. The minimum atomic E-state index is -3.74. The number of anilines is 2. The molecule has 2 aromatic carbocycles. The van der Waals surface area contributed by atoms with E-state index in [1.54, 1.807) is 11.3 Å². The lowest BCUT2D eigenvalue weighted by atomic mass is 10.3. The number of benzene rings is 2. The zero-order chi connectivity index (χ0) is 18.6. The van der Waals surface area contributed by atoms with Crippen LogP contribution in [0.25, 0.3) is 10.2 Å². The molecule has 0 bridgehead atoms. The van der Waals surface area contributed by atoms with Crippen LogP contribution < -0.4 is 21.1 Å². The van der Waals surface area contributed by atoms with E-state index in [9.17, 15) is 13.2 Å². The Morgan fingerprint density at radius 3 is 2.50 bits per heavy atom. The first-order valence-electron chi connectivity index (χ1n) is 7.69. The molecule has 0 radical (unpaired) electrons. The lowest BCUT2D eigenvalue weighted by Crippen LogP contribution is -2.32. The van der Waals surface area contributed by atoms with Gasteiger partial charge < -0.3 is 16.0 Å². The van der Waals surface area contributed by atoms with Crippen LogP contribution in [0.5, 0.6) is 0 Å². The van der Waals surface area contributed by atoms with E-state index in [0.717, 1.165) is 15.3 Å². The third-order valence-electron chi connectivity index (χ3n) is 3.42. The summed E-state index contributed by atoms with van der Waals surface area (Å²) in [7, 11) is -3.74. The van der Waals surface area contributed by atoms with E-state index in [-0.39, 0.29) is 10.9 Å². The number of aromatic nitrogens is 1. The van der Waals surface area contributed by atoms with E-state index < -0.39 is 10.0 Å². The fourth-order valence-electron chi connectivity index (χ4n) is 2.20. The second-order valence-electron chi connectivity index (χ2n) is 5.36. The molecule has 10 heteroatoms. The summed E-state index contributed by atoms with van der Waals surface area (Å²) in [6, 6.07) is 13.1. The molecule has 0 saturated carbocycles. The zero-order valence-corrected chi connectivity index (χ0v) is 15.2. The van der Waals surface area contributed by atoms with Gasteiger partial charge in [-0.15, -0.1) is 0 Å². The monoisotopic (exact) mass is 391 g/mol. The van der Waals surface area contributed by atoms with E-state index in [1.807, 2.05) is 24.3 Å². The molecule has 1 heterocycles. The number of hydrogen-bond acceptors (Lipinski definition) is 6. The maximum Gasteiger partial charge on any atom is 0.319 e. The highest BCUT2D eigenvalue weighted by molar-refractivity contribution is 7.89. The Labute approximate surface area is 154 Å². The molecule has 1 aromatic heterocycles. The molecule has 3 aromatic rings. The summed E-state index contributed by atoms with van der Waals surface area (Å²) >= 11 is 1.55. The molecule has 5 N–H and O–H groups in total. The van der Waals surface area contributed by atoms with Crippen molar-refractivity contribution in [2.24, 2.45) is 5.14 Å². The largest absolute Gasteiger partial charge is 0.360 e. The molecular weight excluding hydrogens is 374 g/mol. The van der Waals surface area contributed by atoms with Crippen molar-refractivity contribution in [2.75, 3.05) is 23.7 Å². The van der Waals surface area contributed by atoms with Gasteiger partial charge in [0.1, 0.15) is 0 Å². The average molecular weight is 391 g/mol. The Hall–Kier alpha value is -2.69. The summed E-state index contributed by atoms with van der Waals surface area (Å²) in [5.41, 5.74) is 1.41. The summed E-state index contributed by atoms with van der Waals surface area (Å²) in [5, 5.41) is 14.3. The molecule has 8 nitrogen and oxygen atoms in total. The van der Waals surface area contributed by atoms with Crippen LogP contribution >= 0.6 is 11.3 Å². The standard InChI is InChI=1S/C16H17N5O3S2/c17-26(23,24)12-7-5-11(6-8-12)20-15(22)18-9-10-19-16-21-13-3-1-2-4-14(13)25-16/h1-8H,9-10H2,(H,19,21)(H2,17,23,24)(H2,18,20,22). The van der Waals surface area contributed by atoms with E-state index >= 15 is 0 Å². The number of carbonyl (C=O) groups is 1. The van der Waals surface area contributed by atoms with Crippen molar-refractivity contribution in [1.82, 2.24) is 10.3 Å². The summed E-state index contributed by atoms with van der Waals surface area (Å²) in [5.74, 6) is 0. The lowest BCUT2D eigenvalue weighted by Gasteiger charge is -2.08. The predicted molar refractivity (Wildman–Crippen MR) is 103 cm³/mol. The molecule has 2 amide bonds. The van der Waals surface area contributed by atoms with Gasteiger partial charge in [-0.3, -0.25) is 0 Å². The Bertz CT molecular complexity index is 983. The second-order valence-corrected chi connectivity index (χ2v) is 7.96. The molecule has 0 saturated heterocycles. The summed E-state index contributed by atoms with van der Waals surface area (Å²) < 4.78 is 23.5. The number of para-hydroxylation sites is 1. The summed E-state index contributed by atoms with van der Waals surface area (Å²) in [4.78, 5) is 16.3. The SMILES string of the molecule is NS(=O)(=O)c1ccc(NC(=O)NCCNc2nc3ccccc3s2)cc1. The van der Waals surface area contributed by atoms with Gasteiger partial charge in [-0.05, 0) is 36.4 Å². The third-order valence-corrected chi connectivity index (χ3v) is 5.34. The van der Waals surface area contributed by atoms with Crippen molar-refractivity contribution in [3.8, 4) is 0 Å². The molecule has 26 heavy (non-hydrogen) atoms. The van der Waals surface area contributed by atoms with Gasteiger partial charge in [-0.1, -0.05) is 23.5 Å². The molecule has 3 rings (SSSR count). The van der Waals surface area contributed by atoms with Gasteiger partial charge in [0, 0.05) is 18.8 Å². The zero-order valence-electron chi connectivity index (χ0n) is 13.6. The van der Waals surface area contributed by atoms with Gasteiger partial charge in [-0.25, -0.2) is 23.3 Å². The number of nitrogens with two attached hydrogens (primary N) is 1. The Morgan fingerprint density at radius 2 is 1.81 bits per heavy atom. The van der Waals surface area contributed by atoms with Gasteiger partial charge in [0.05, 0.1) is 15.1 Å². The molecular formula is C16H17N5O3S2. The first-order chi connectivity index (χ1) is 12.4. The number of urea groups is 1. The van der Waals surface area contributed by atoms with Gasteiger partial charge in [-0.2, -0.15) is 0 Å². The highest BCUT2D eigenvalue weighted by Gasteiger charge is 2.08. The fourth-order valence-corrected chi connectivity index (χ4v) is 3.60. The van der Waals surface area contributed by atoms with Crippen LogP contribution in [0.15, 0.2) is 53.4 Å². The number of sulfonamides is 1. The van der Waals surface area contributed by atoms with Crippen molar-refractivity contribution in [1.29, 1.82) is 0 Å². The van der Waals surface area contributed by atoms with Crippen molar-refractivity contribution in [3.05, 3.63) is 48.5 Å². The van der Waals surface area contributed by atoms with Gasteiger partial charge >= 0.3 is 6.03 Å². The topological polar surface area (TPSA) is 126 Å². The second kappa shape index (κ2) is 7.68. The first-order valence-corrected chi connectivity index (χ1v) is 10.1. The molecule has 0 atom stereocenters. The summed E-state index contributed by atoms with van der Waals surface area (Å²) in [6.07, 6.45) is 0. The number of hydrogen-bond donors (Lipinski definition) is 4. The quantitative estimate of drug-likeness (QED) is 0.479. The number of primary sulfonamides is 1. The van der Waals surface area contributed by atoms with Crippen molar-refractivity contribution in [2.45, 2.75) is 4.90 Å². The molecule has 0 aliphatic rings. The summed E-state index contributed by atoms with van der Waals surface area (Å²) in [6.45, 7) is 0.925. The van der Waals surface area contributed by atoms with Crippen LogP contribution in [-0.2, 0) is 10.0 Å². The number of fused-ring (bicyclic) bond motifs is 1. The highest BCUT2D eigenvalue weighted by Crippen LogP contribution is 2.24. The third kappa shape index (κ3) is 4.69. The van der Waals surface area contributed by atoms with Crippen molar-refractivity contribution < 1.29 is 13.2 Å². The van der Waals surface area contributed by atoms with E-state index in [4.69, 9.17) is 5.14 Å². The van der Waals surface area contributed by atoms with E-state index in [0.29, 0.717) is 18.8 Å². The van der Waals surface area contributed by atoms with Gasteiger partial charge in [0.15, 0.2) is 5.13 Å². The minimum Gasteiger partial charge on any atom is -0.360 e. The minimum absolute atomic E-state index is 0.0107. The lowest BCUT2D eigenvalue weighted by molar-refractivity contribution is 0.252. The molecule has 0 aliphatic carbocycles. The van der Waals surface area contributed by atoms with Crippen molar-refractivity contribution in [3.63, 3.8) is 0 Å². The number of thiazole rings is 1. The maximum absolute atomic E-state index is 11.8. The van der Waals surface area contributed by atoms with Crippen LogP contribution in [0.1, 0.15) is 0 Å². The van der Waals surface area contributed by atoms with Crippen LogP contribution in [0.3, 0.4) is 0 Å². The van der Waals surface area contributed by atoms with Crippen LogP contribution in [0.4, 0.5) is 15.6 Å². The maximum atomic E-state index is 11.8. The van der Waals surface area contributed by atoms with Gasteiger partial charge in [0.25, 0.3) is 0 Å².